The summed E-state index contributed by atoms with van der Waals surface area (Å²) in [6.45, 7) is 0. The number of nitrogens with one attached hydrogen (secondary N) is 1. The van der Waals surface area contributed by atoms with E-state index in [9.17, 15) is 0 Å². The Kier molecular flexibility index (Phi) is 3.74. The molecule has 0 saturated heterocycles. The molecule has 1 aromatic rings. The molecule has 2 atom stereocenters. The summed E-state index contributed by atoms with van der Waals surface area (Å²) in [6, 6.07) is 6.18. The van der Waals surface area contributed by atoms with Crippen LogP contribution in [0.2, 0.25) is 0 Å². The van der Waals surface area contributed by atoms with Gasteiger partial charge in [-0.1, -0.05) is 0 Å². The minimum Gasteiger partial charge on any atom is -0.497 e. The van der Waals surface area contributed by atoms with E-state index < -0.39 is 0 Å². The Hall–Kier alpha value is -1.42. The molecule has 4 heteroatoms. The molecule has 1 saturated carbocycles. The summed E-state index contributed by atoms with van der Waals surface area (Å²) in [5.74, 6) is 0.786. The summed E-state index contributed by atoms with van der Waals surface area (Å²) >= 11 is 0. The largest absolute Gasteiger partial charge is 0.497 e. The fourth-order valence-corrected chi connectivity index (χ4v) is 2.30. The molecule has 2 unspecified atom stereocenters. The summed E-state index contributed by atoms with van der Waals surface area (Å²) in [7, 11) is 3.41. The Morgan fingerprint density at radius 1 is 1.29 bits per heavy atom. The number of rotatable bonds is 4. The highest BCUT2D eigenvalue weighted by Gasteiger charge is 2.24. The van der Waals surface area contributed by atoms with E-state index in [4.69, 9.17) is 15.2 Å². The maximum Gasteiger partial charge on any atom is 0.121 e. The van der Waals surface area contributed by atoms with Crippen molar-refractivity contribution in [2.45, 2.75) is 31.4 Å². The number of hydrogen-bond donors (Lipinski definition) is 2. The van der Waals surface area contributed by atoms with E-state index in [1.54, 1.807) is 14.2 Å². The zero-order valence-electron chi connectivity index (χ0n) is 10.4. The van der Waals surface area contributed by atoms with Gasteiger partial charge in [-0.15, -0.1) is 0 Å². The second-order valence-corrected chi connectivity index (χ2v) is 4.47. The van der Waals surface area contributed by atoms with Gasteiger partial charge in [-0.2, -0.15) is 0 Å². The number of anilines is 2. The molecule has 0 heterocycles. The summed E-state index contributed by atoms with van der Waals surface area (Å²) in [4.78, 5) is 0. The fourth-order valence-electron chi connectivity index (χ4n) is 2.30. The van der Waals surface area contributed by atoms with Gasteiger partial charge in [0, 0.05) is 19.2 Å². The lowest BCUT2D eigenvalue weighted by molar-refractivity contribution is 0.108. The molecule has 0 bridgehead atoms. The first-order valence-electron chi connectivity index (χ1n) is 5.95. The van der Waals surface area contributed by atoms with E-state index in [1.165, 1.54) is 0 Å². The third-order valence-corrected chi connectivity index (χ3v) is 3.34. The van der Waals surface area contributed by atoms with E-state index in [0.29, 0.717) is 12.1 Å². The zero-order chi connectivity index (χ0) is 12.3. The Balaban J connectivity index is 1.99. The van der Waals surface area contributed by atoms with Crippen molar-refractivity contribution in [3.8, 4) is 5.75 Å². The van der Waals surface area contributed by atoms with Crippen LogP contribution in [0.1, 0.15) is 19.3 Å². The first kappa shape index (κ1) is 12.0. The maximum absolute atomic E-state index is 5.97. The van der Waals surface area contributed by atoms with Crippen molar-refractivity contribution in [2.24, 2.45) is 0 Å². The van der Waals surface area contributed by atoms with Gasteiger partial charge in [0.2, 0.25) is 0 Å². The van der Waals surface area contributed by atoms with Gasteiger partial charge in [0.15, 0.2) is 0 Å². The zero-order valence-corrected chi connectivity index (χ0v) is 10.4. The van der Waals surface area contributed by atoms with Gasteiger partial charge in [-0.3, -0.25) is 0 Å². The van der Waals surface area contributed by atoms with Gasteiger partial charge in [0.25, 0.3) is 0 Å². The van der Waals surface area contributed by atoms with Crippen molar-refractivity contribution in [1.29, 1.82) is 0 Å². The lowest BCUT2D eigenvalue weighted by atomic mass is 10.2. The van der Waals surface area contributed by atoms with Crippen molar-refractivity contribution in [1.82, 2.24) is 0 Å². The molecule has 2 rings (SSSR count). The van der Waals surface area contributed by atoms with Crippen LogP contribution in [0.5, 0.6) is 5.75 Å². The first-order chi connectivity index (χ1) is 8.22. The van der Waals surface area contributed by atoms with E-state index in [2.05, 4.69) is 5.32 Å². The second-order valence-electron chi connectivity index (χ2n) is 4.47. The molecule has 0 spiro atoms. The van der Waals surface area contributed by atoms with Gasteiger partial charge < -0.3 is 20.5 Å². The number of benzene rings is 1. The normalized spacial score (nSPS) is 23.6. The molecule has 0 aliphatic heterocycles. The number of nitrogen functional groups attached to an aromatic ring is 1. The van der Waals surface area contributed by atoms with Gasteiger partial charge in [-0.25, -0.2) is 0 Å². The number of hydrogen-bond acceptors (Lipinski definition) is 4. The van der Waals surface area contributed by atoms with Crippen molar-refractivity contribution in [3.05, 3.63) is 18.2 Å². The van der Waals surface area contributed by atoms with Gasteiger partial charge in [-0.05, 0) is 31.4 Å². The molecule has 0 radical (unpaired) electrons. The van der Waals surface area contributed by atoms with Crippen LogP contribution >= 0.6 is 0 Å². The number of nitrogens with two attached hydrogens (primary N) is 1. The van der Waals surface area contributed by atoms with Crippen LogP contribution < -0.4 is 15.8 Å². The molecule has 1 aromatic carbocycles. The minimum atomic E-state index is 0.381. The SMILES string of the molecule is COc1ccc(NC2CCC(OC)C2)c(N)c1. The number of ether oxygens (including phenoxy) is 2. The Morgan fingerprint density at radius 2 is 2.12 bits per heavy atom. The summed E-state index contributed by atoms with van der Waals surface area (Å²) in [5.41, 5.74) is 7.67. The van der Waals surface area contributed by atoms with Crippen molar-refractivity contribution >= 4 is 11.4 Å². The smallest absolute Gasteiger partial charge is 0.121 e. The Morgan fingerprint density at radius 3 is 2.71 bits per heavy atom. The van der Waals surface area contributed by atoms with Crippen LogP contribution in [0, 0.1) is 0 Å². The Bertz CT molecular complexity index is 382. The third-order valence-electron chi connectivity index (χ3n) is 3.34. The standard InChI is InChI=1S/C13H20N2O2/c1-16-10-4-3-9(7-10)15-13-6-5-11(17-2)8-12(13)14/h5-6,8-10,15H,3-4,7,14H2,1-2H3. The van der Waals surface area contributed by atoms with Crippen LogP contribution in [-0.4, -0.2) is 26.4 Å². The molecular formula is C13H20N2O2. The van der Waals surface area contributed by atoms with Gasteiger partial charge in [0.05, 0.1) is 24.6 Å². The first-order valence-corrected chi connectivity index (χ1v) is 5.95. The highest BCUT2D eigenvalue weighted by Crippen LogP contribution is 2.29. The lowest BCUT2D eigenvalue weighted by Gasteiger charge is -2.16. The molecule has 94 valence electrons. The van der Waals surface area contributed by atoms with Crippen LogP contribution in [0.3, 0.4) is 0 Å². The summed E-state index contributed by atoms with van der Waals surface area (Å²) in [6.07, 6.45) is 3.67. The average Bonchev–Trinajstić information content (AvgIpc) is 2.79. The van der Waals surface area contributed by atoms with E-state index in [-0.39, 0.29) is 0 Å². The van der Waals surface area contributed by atoms with Crippen molar-refractivity contribution in [2.75, 3.05) is 25.3 Å². The lowest BCUT2D eigenvalue weighted by Crippen LogP contribution is -2.18. The fraction of sp³-hybridized carbons (Fsp3) is 0.538. The van der Waals surface area contributed by atoms with Crippen LogP contribution in [0.15, 0.2) is 18.2 Å². The molecule has 0 amide bonds. The van der Waals surface area contributed by atoms with E-state index in [1.807, 2.05) is 18.2 Å². The molecular weight excluding hydrogens is 216 g/mol. The minimum absolute atomic E-state index is 0.381. The summed E-state index contributed by atoms with van der Waals surface area (Å²) < 4.78 is 10.5. The monoisotopic (exact) mass is 236 g/mol. The predicted molar refractivity (Wildman–Crippen MR) is 69.5 cm³/mol. The highest BCUT2D eigenvalue weighted by molar-refractivity contribution is 5.68. The van der Waals surface area contributed by atoms with Gasteiger partial charge in [0.1, 0.15) is 5.75 Å². The van der Waals surface area contributed by atoms with Crippen LogP contribution in [0.25, 0.3) is 0 Å². The quantitative estimate of drug-likeness (QED) is 0.787. The predicted octanol–water partition coefficient (Wildman–Crippen LogP) is 2.26. The molecule has 1 aliphatic carbocycles. The molecule has 1 aliphatic rings. The molecule has 3 N–H and O–H groups in total. The van der Waals surface area contributed by atoms with Crippen LogP contribution in [-0.2, 0) is 4.74 Å². The third kappa shape index (κ3) is 2.82. The van der Waals surface area contributed by atoms with Crippen molar-refractivity contribution in [3.63, 3.8) is 0 Å². The number of methoxy groups -OCH3 is 2. The molecule has 4 nitrogen and oxygen atoms in total. The topological polar surface area (TPSA) is 56.5 Å². The second kappa shape index (κ2) is 5.27. The molecule has 1 fully saturated rings. The van der Waals surface area contributed by atoms with Crippen molar-refractivity contribution < 1.29 is 9.47 Å². The maximum atomic E-state index is 5.97. The molecule has 0 aromatic heterocycles. The van der Waals surface area contributed by atoms with Gasteiger partial charge >= 0.3 is 0 Å². The van der Waals surface area contributed by atoms with E-state index >= 15 is 0 Å². The average molecular weight is 236 g/mol. The summed E-state index contributed by atoms with van der Waals surface area (Å²) in [5, 5.41) is 3.46. The van der Waals surface area contributed by atoms with Crippen LogP contribution in [0.4, 0.5) is 11.4 Å². The molecule has 17 heavy (non-hydrogen) atoms. The highest BCUT2D eigenvalue weighted by atomic mass is 16.5. The Labute approximate surface area is 102 Å². The van der Waals surface area contributed by atoms with E-state index in [0.717, 1.165) is 36.4 Å².